The Labute approximate surface area is 195 Å². The summed E-state index contributed by atoms with van der Waals surface area (Å²) < 4.78 is 11.3. The molecule has 0 saturated carbocycles. The van der Waals surface area contributed by atoms with Crippen molar-refractivity contribution in [3.63, 3.8) is 0 Å². The number of aliphatic hydroxyl groups is 1. The Morgan fingerprint density at radius 3 is 2.39 bits per heavy atom. The molecule has 0 bridgehead atoms. The summed E-state index contributed by atoms with van der Waals surface area (Å²) in [6, 6.07) is 13.6. The smallest absolute Gasteiger partial charge is 0.295 e. The molecular formula is C27H33NO5. The van der Waals surface area contributed by atoms with Crippen LogP contribution in [0, 0.1) is 0 Å². The van der Waals surface area contributed by atoms with Crippen LogP contribution in [0.25, 0.3) is 5.76 Å². The van der Waals surface area contributed by atoms with Gasteiger partial charge >= 0.3 is 0 Å². The number of ketones is 1. The summed E-state index contributed by atoms with van der Waals surface area (Å²) in [7, 11) is 0. The Morgan fingerprint density at radius 1 is 1.03 bits per heavy atom. The minimum Gasteiger partial charge on any atom is -0.507 e. The second-order valence-corrected chi connectivity index (χ2v) is 8.40. The predicted octanol–water partition coefficient (Wildman–Crippen LogP) is 5.48. The molecule has 6 heteroatoms. The van der Waals surface area contributed by atoms with Crippen LogP contribution in [0.3, 0.4) is 0 Å². The van der Waals surface area contributed by atoms with E-state index >= 15 is 0 Å². The molecule has 0 aliphatic carbocycles. The number of Topliss-reactive ketones (excluding diaryl/α,β-unsaturated/α-hetero) is 1. The average molecular weight is 452 g/mol. The Balaban J connectivity index is 2.07. The predicted molar refractivity (Wildman–Crippen MR) is 128 cm³/mol. The van der Waals surface area contributed by atoms with Crippen molar-refractivity contribution in [1.29, 1.82) is 0 Å². The van der Waals surface area contributed by atoms with Gasteiger partial charge in [0.25, 0.3) is 11.7 Å². The molecular weight excluding hydrogens is 418 g/mol. The summed E-state index contributed by atoms with van der Waals surface area (Å²) in [5.41, 5.74) is 1.29. The number of unbranched alkanes of at least 4 members (excludes halogenated alkanes) is 2. The first-order chi connectivity index (χ1) is 15.9. The molecule has 1 N–H and O–H groups in total. The highest BCUT2D eigenvalue weighted by molar-refractivity contribution is 6.46. The van der Waals surface area contributed by atoms with Crippen molar-refractivity contribution in [2.75, 3.05) is 13.2 Å². The zero-order valence-electron chi connectivity index (χ0n) is 19.8. The summed E-state index contributed by atoms with van der Waals surface area (Å²) in [6.07, 6.45) is 2.71. The van der Waals surface area contributed by atoms with Crippen LogP contribution in [0.1, 0.15) is 64.1 Å². The van der Waals surface area contributed by atoms with Crippen molar-refractivity contribution in [2.45, 2.75) is 59.1 Å². The number of hydrogen-bond acceptors (Lipinski definition) is 5. The maximum atomic E-state index is 13.1. The van der Waals surface area contributed by atoms with Crippen LogP contribution in [0.4, 0.5) is 0 Å². The lowest BCUT2D eigenvalue weighted by molar-refractivity contribution is -0.139. The fourth-order valence-corrected chi connectivity index (χ4v) is 4.05. The quantitative estimate of drug-likeness (QED) is 0.224. The maximum Gasteiger partial charge on any atom is 0.295 e. The van der Waals surface area contributed by atoms with Gasteiger partial charge in [0.2, 0.25) is 0 Å². The van der Waals surface area contributed by atoms with Gasteiger partial charge in [0, 0.05) is 12.1 Å². The molecule has 33 heavy (non-hydrogen) atoms. The van der Waals surface area contributed by atoms with Gasteiger partial charge < -0.3 is 19.5 Å². The van der Waals surface area contributed by atoms with Crippen LogP contribution in [-0.4, -0.2) is 41.0 Å². The van der Waals surface area contributed by atoms with E-state index in [0.717, 1.165) is 24.8 Å². The highest BCUT2D eigenvalue weighted by atomic mass is 16.5. The van der Waals surface area contributed by atoms with E-state index in [0.29, 0.717) is 30.2 Å². The number of ether oxygens (including phenoxy) is 2. The van der Waals surface area contributed by atoms with Crippen molar-refractivity contribution in [2.24, 2.45) is 0 Å². The topological polar surface area (TPSA) is 76.1 Å². The third-order valence-electron chi connectivity index (χ3n) is 5.53. The number of rotatable bonds is 10. The Bertz CT molecular complexity index is 1010. The molecule has 1 fully saturated rings. The molecule has 1 atom stereocenters. The van der Waals surface area contributed by atoms with Crippen molar-refractivity contribution in [1.82, 2.24) is 4.90 Å². The third kappa shape index (κ3) is 5.56. The second-order valence-electron chi connectivity index (χ2n) is 8.40. The number of likely N-dealkylation sites (tertiary alicyclic amines) is 1. The van der Waals surface area contributed by atoms with Gasteiger partial charge in [0.1, 0.15) is 17.3 Å². The monoisotopic (exact) mass is 451 g/mol. The minimum absolute atomic E-state index is 0.0320. The van der Waals surface area contributed by atoms with Gasteiger partial charge in [-0.05, 0) is 57.0 Å². The second kappa shape index (κ2) is 11.0. The first-order valence-electron chi connectivity index (χ1n) is 11.7. The van der Waals surface area contributed by atoms with Gasteiger partial charge in [-0.2, -0.15) is 0 Å². The van der Waals surface area contributed by atoms with E-state index < -0.39 is 17.7 Å². The zero-order chi connectivity index (χ0) is 24.0. The van der Waals surface area contributed by atoms with E-state index in [9.17, 15) is 14.7 Å². The lowest BCUT2D eigenvalue weighted by atomic mass is 9.95. The third-order valence-corrected chi connectivity index (χ3v) is 5.53. The highest BCUT2D eigenvalue weighted by Gasteiger charge is 2.45. The van der Waals surface area contributed by atoms with Crippen LogP contribution in [0.2, 0.25) is 0 Å². The van der Waals surface area contributed by atoms with Gasteiger partial charge in [0.05, 0.1) is 24.3 Å². The van der Waals surface area contributed by atoms with Crippen molar-refractivity contribution >= 4 is 17.4 Å². The summed E-state index contributed by atoms with van der Waals surface area (Å²) in [6.45, 7) is 8.83. The minimum atomic E-state index is -0.668. The molecule has 1 amide bonds. The fourth-order valence-electron chi connectivity index (χ4n) is 4.05. The normalized spacial score (nSPS) is 17.6. The van der Waals surface area contributed by atoms with E-state index in [1.807, 2.05) is 45.0 Å². The van der Waals surface area contributed by atoms with Gasteiger partial charge in [-0.25, -0.2) is 0 Å². The summed E-state index contributed by atoms with van der Waals surface area (Å²) >= 11 is 0. The fraction of sp³-hybridized carbons (Fsp3) is 0.407. The van der Waals surface area contributed by atoms with Crippen molar-refractivity contribution in [3.8, 4) is 11.5 Å². The van der Waals surface area contributed by atoms with E-state index in [-0.39, 0.29) is 17.4 Å². The molecule has 1 aliphatic heterocycles. The van der Waals surface area contributed by atoms with Crippen LogP contribution in [-0.2, 0) is 9.59 Å². The molecule has 0 radical (unpaired) electrons. The standard InChI is InChI=1S/C27H33NO5/c1-5-7-8-16-28-24(19-12-14-21(15-13-19)32-6-2)23(26(30)27(28)31)25(29)20-10-9-11-22(17-20)33-18(3)4/h9-15,17-18,24,29H,5-8,16H2,1-4H3/b25-23-. The molecule has 1 saturated heterocycles. The van der Waals surface area contributed by atoms with E-state index in [2.05, 4.69) is 6.92 Å². The van der Waals surface area contributed by atoms with Gasteiger partial charge in [-0.1, -0.05) is 44.0 Å². The van der Waals surface area contributed by atoms with E-state index in [1.165, 1.54) is 0 Å². The van der Waals surface area contributed by atoms with Crippen LogP contribution < -0.4 is 9.47 Å². The number of benzene rings is 2. The van der Waals surface area contributed by atoms with Gasteiger partial charge in [-0.3, -0.25) is 9.59 Å². The van der Waals surface area contributed by atoms with Crippen molar-refractivity contribution < 1.29 is 24.2 Å². The molecule has 2 aromatic rings. The molecule has 1 aliphatic rings. The molecule has 6 nitrogen and oxygen atoms in total. The molecule has 2 aromatic carbocycles. The Kier molecular flexibility index (Phi) is 8.15. The summed E-state index contributed by atoms with van der Waals surface area (Å²) in [5.74, 6) is -0.148. The van der Waals surface area contributed by atoms with Crippen molar-refractivity contribution in [3.05, 3.63) is 65.2 Å². The van der Waals surface area contributed by atoms with Gasteiger partial charge in [-0.15, -0.1) is 0 Å². The molecule has 0 aromatic heterocycles. The molecule has 1 unspecified atom stereocenters. The number of hydrogen-bond donors (Lipinski definition) is 1. The first kappa shape index (κ1) is 24.4. The Morgan fingerprint density at radius 2 is 1.76 bits per heavy atom. The summed E-state index contributed by atoms with van der Waals surface area (Å²) in [4.78, 5) is 27.7. The van der Waals surface area contributed by atoms with E-state index in [1.54, 1.807) is 29.2 Å². The average Bonchev–Trinajstić information content (AvgIpc) is 3.04. The zero-order valence-corrected chi connectivity index (χ0v) is 19.8. The molecule has 0 spiro atoms. The SMILES string of the molecule is CCCCCN1C(=O)C(=O)/C(=C(\O)c2cccc(OC(C)C)c2)C1c1ccc(OCC)cc1. The number of aliphatic hydroxyl groups excluding tert-OH is 1. The van der Waals surface area contributed by atoms with Crippen LogP contribution in [0.5, 0.6) is 11.5 Å². The van der Waals surface area contributed by atoms with Gasteiger partial charge in [0.15, 0.2) is 0 Å². The number of amides is 1. The Hall–Kier alpha value is -3.28. The maximum absolute atomic E-state index is 13.1. The van der Waals surface area contributed by atoms with E-state index in [4.69, 9.17) is 9.47 Å². The summed E-state index contributed by atoms with van der Waals surface area (Å²) in [5, 5.41) is 11.2. The number of carbonyl (C=O) groups excluding carboxylic acids is 2. The first-order valence-corrected chi connectivity index (χ1v) is 11.7. The van der Waals surface area contributed by atoms with Crippen LogP contribution >= 0.6 is 0 Å². The largest absolute Gasteiger partial charge is 0.507 e. The van der Waals surface area contributed by atoms with Crippen LogP contribution in [0.15, 0.2) is 54.1 Å². The lowest BCUT2D eigenvalue weighted by Crippen LogP contribution is -2.30. The highest BCUT2D eigenvalue weighted by Crippen LogP contribution is 2.40. The number of nitrogens with zero attached hydrogens (tertiary/aromatic N) is 1. The molecule has 176 valence electrons. The lowest BCUT2D eigenvalue weighted by Gasteiger charge is -2.25. The number of carbonyl (C=O) groups is 2. The molecule has 3 rings (SSSR count). The molecule has 1 heterocycles.